The Morgan fingerprint density at radius 3 is 3.00 bits per heavy atom. The number of carbonyl (C=O) groups is 1. The molecule has 2 heterocycles. The van der Waals surface area contributed by atoms with E-state index in [0.717, 1.165) is 25.8 Å². The molecule has 0 radical (unpaired) electrons. The molecule has 1 amide bonds. The molecule has 3 nitrogen and oxygen atoms in total. The van der Waals surface area contributed by atoms with Crippen molar-refractivity contribution in [3.8, 4) is 0 Å². The fourth-order valence-electron chi connectivity index (χ4n) is 2.10. The summed E-state index contributed by atoms with van der Waals surface area (Å²) in [6, 6.07) is 0.149. The zero-order chi connectivity index (χ0) is 7.84. The van der Waals surface area contributed by atoms with Crippen LogP contribution in [0.5, 0.6) is 0 Å². The van der Waals surface area contributed by atoms with Gasteiger partial charge in [-0.2, -0.15) is 0 Å². The van der Waals surface area contributed by atoms with E-state index < -0.39 is 0 Å². The Morgan fingerprint density at radius 2 is 2.27 bits per heavy atom. The number of fused-ring (bicyclic) bond motifs is 1. The largest absolute Gasteiger partial charge is 0.390 e. The minimum atomic E-state index is -0.386. The molecule has 2 atom stereocenters. The summed E-state index contributed by atoms with van der Waals surface area (Å²) in [5, 5.41) is 9.43. The molecule has 0 aliphatic carbocycles. The van der Waals surface area contributed by atoms with Gasteiger partial charge in [-0.1, -0.05) is 0 Å². The minimum absolute atomic E-state index is 0.141. The van der Waals surface area contributed by atoms with E-state index in [1.165, 1.54) is 0 Å². The van der Waals surface area contributed by atoms with Crippen LogP contribution in [0.25, 0.3) is 0 Å². The lowest BCUT2D eigenvalue weighted by Crippen LogP contribution is -2.40. The van der Waals surface area contributed by atoms with Gasteiger partial charge in [0.15, 0.2) is 0 Å². The van der Waals surface area contributed by atoms with Crippen molar-refractivity contribution in [1.82, 2.24) is 4.90 Å². The second kappa shape index (κ2) is 2.48. The van der Waals surface area contributed by atoms with Crippen molar-refractivity contribution >= 4 is 5.91 Å². The molecular formula is C8H13NO2. The Balaban J connectivity index is 2.13. The highest BCUT2D eigenvalue weighted by Gasteiger charge is 2.39. The molecule has 3 heteroatoms. The molecule has 1 unspecified atom stereocenters. The molecule has 62 valence electrons. The van der Waals surface area contributed by atoms with Crippen molar-refractivity contribution in [2.24, 2.45) is 0 Å². The maximum absolute atomic E-state index is 11.2. The summed E-state index contributed by atoms with van der Waals surface area (Å²) >= 11 is 0. The van der Waals surface area contributed by atoms with E-state index in [4.69, 9.17) is 0 Å². The quantitative estimate of drug-likeness (QED) is 0.540. The first-order chi connectivity index (χ1) is 5.29. The van der Waals surface area contributed by atoms with Crippen LogP contribution in [0.3, 0.4) is 0 Å². The number of aliphatic hydroxyl groups is 1. The van der Waals surface area contributed by atoms with E-state index in [1.54, 1.807) is 0 Å². The zero-order valence-electron chi connectivity index (χ0n) is 6.49. The Labute approximate surface area is 66.0 Å². The second-order valence-corrected chi connectivity index (χ2v) is 3.42. The smallest absolute Gasteiger partial charge is 0.225 e. The fraction of sp³-hybridized carbons (Fsp3) is 0.875. The lowest BCUT2D eigenvalue weighted by atomic mass is 10.0. The number of carbonyl (C=O) groups excluding carboxylic acids is 1. The number of rotatable bonds is 0. The SMILES string of the molecule is O=C1C[C@@H](O)C2CCCCN12. The highest BCUT2D eigenvalue weighted by atomic mass is 16.3. The average Bonchev–Trinajstić information content (AvgIpc) is 2.30. The molecule has 11 heavy (non-hydrogen) atoms. The normalized spacial score (nSPS) is 37.5. The first kappa shape index (κ1) is 7.10. The number of hydrogen-bond donors (Lipinski definition) is 1. The summed E-state index contributed by atoms with van der Waals surface area (Å²) in [7, 11) is 0. The predicted octanol–water partition coefficient (Wildman–Crippen LogP) is 0.132. The maximum atomic E-state index is 11.2. The van der Waals surface area contributed by atoms with Gasteiger partial charge in [0.05, 0.1) is 18.6 Å². The zero-order valence-corrected chi connectivity index (χ0v) is 6.49. The molecule has 0 saturated carbocycles. The van der Waals surface area contributed by atoms with Gasteiger partial charge in [-0.25, -0.2) is 0 Å². The molecule has 2 aliphatic heterocycles. The highest BCUT2D eigenvalue weighted by Crippen LogP contribution is 2.27. The fourth-order valence-corrected chi connectivity index (χ4v) is 2.10. The topological polar surface area (TPSA) is 40.5 Å². The van der Waals surface area contributed by atoms with E-state index in [0.29, 0.717) is 6.42 Å². The Kier molecular flexibility index (Phi) is 1.60. The van der Waals surface area contributed by atoms with Crippen LogP contribution < -0.4 is 0 Å². The predicted molar refractivity (Wildman–Crippen MR) is 40.0 cm³/mol. The molecule has 0 aromatic carbocycles. The lowest BCUT2D eigenvalue weighted by Gasteiger charge is -2.30. The van der Waals surface area contributed by atoms with Crippen LogP contribution in [0, 0.1) is 0 Å². The second-order valence-electron chi connectivity index (χ2n) is 3.42. The Hall–Kier alpha value is -0.570. The monoisotopic (exact) mass is 155 g/mol. The molecule has 0 bridgehead atoms. The molecule has 2 aliphatic rings. The van der Waals surface area contributed by atoms with Gasteiger partial charge in [0.25, 0.3) is 0 Å². The van der Waals surface area contributed by atoms with Gasteiger partial charge in [-0.3, -0.25) is 4.79 Å². The first-order valence-electron chi connectivity index (χ1n) is 4.26. The molecule has 0 spiro atoms. The van der Waals surface area contributed by atoms with E-state index >= 15 is 0 Å². The van der Waals surface area contributed by atoms with Crippen molar-refractivity contribution in [3.05, 3.63) is 0 Å². The van der Waals surface area contributed by atoms with Crippen molar-refractivity contribution in [2.45, 2.75) is 37.8 Å². The summed E-state index contributed by atoms with van der Waals surface area (Å²) in [5.41, 5.74) is 0. The molecular weight excluding hydrogens is 142 g/mol. The average molecular weight is 155 g/mol. The van der Waals surface area contributed by atoms with Gasteiger partial charge in [0.2, 0.25) is 5.91 Å². The van der Waals surface area contributed by atoms with E-state index in [-0.39, 0.29) is 18.1 Å². The van der Waals surface area contributed by atoms with Crippen molar-refractivity contribution in [1.29, 1.82) is 0 Å². The summed E-state index contributed by atoms with van der Waals surface area (Å²) in [5.74, 6) is 0.141. The standard InChI is InChI=1S/C8H13NO2/c10-7-5-8(11)9-4-2-1-3-6(7)9/h6-7,10H,1-5H2/t6?,7-/m1/s1. The van der Waals surface area contributed by atoms with E-state index in [1.807, 2.05) is 4.90 Å². The van der Waals surface area contributed by atoms with Gasteiger partial charge >= 0.3 is 0 Å². The number of hydrogen-bond acceptors (Lipinski definition) is 2. The van der Waals surface area contributed by atoms with Crippen LogP contribution in [0.4, 0.5) is 0 Å². The third kappa shape index (κ3) is 1.03. The summed E-state index contributed by atoms with van der Waals surface area (Å²) in [6.07, 6.45) is 3.22. The van der Waals surface area contributed by atoms with Crippen molar-refractivity contribution < 1.29 is 9.90 Å². The molecule has 2 saturated heterocycles. The van der Waals surface area contributed by atoms with Gasteiger partial charge in [-0.05, 0) is 19.3 Å². The van der Waals surface area contributed by atoms with Crippen LogP contribution in [0.1, 0.15) is 25.7 Å². The number of amides is 1. The maximum Gasteiger partial charge on any atom is 0.225 e. The minimum Gasteiger partial charge on any atom is -0.390 e. The van der Waals surface area contributed by atoms with Crippen molar-refractivity contribution in [3.63, 3.8) is 0 Å². The lowest BCUT2D eigenvalue weighted by molar-refractivity contribution is -0.129. The Morgan fingerprint density at radius 1 is 1.45 bits per heavy atom. The molecule has 2 fully saturated rings. The third-order valence-corrected chi connectivity index (χ3v) is 2.70. The molecule has 0 aromatic rings. The van der Waals surface area contributed by atoms with Crippen LogP contribution in [-0.2, 0) is 4.79 Å². The van der Waals surface area contributed by atoms with Crippen LogP contribution >= 0.6 is 0 Å². The van der Waals surface area contributed by atoms with E-state index in [9.17, 15) is 9.90 Å². The summed E-state index contributed by atoms with van der Waals surface area (Å²) in [6.45, 7) is 0.862. The number of aliphatic hydroxyl groups excluding tert-OH is 1. The molecule has 2 rings (SSSR count). The third-order valence-electron chi connectivity index (χ3n) is 2.70. The molecule has 1 N–H and O–H groups in total. The van der Waals surface area contributed by atoms with Gasteiger partial charge in [0, 0.05) is 6.54 Å². The van der Waals surface area contributed by atoms with Gasteiger partial charge in [0.1, 0.15) is 0 Å². The van der Waals surface area contributed by atoms with Crippen LogP contribution in [0.15, 0.2) is 0 Å². The summed E-state index contributed by atoms with van der Waals surface area (Å²) in [4.78, 5) is 13.0. The molecule has 0 aromatic heterocycles. The first-order valence-corrected chi connectivity index (χ1v) is 4.26. The van der Waals surface area contributed by atoms with Crippen LogP contribution in [0.2, 0.25) is 0 Å². The highest BCUT2D eigenvalue weighted by molar-refractivity contribution is 5.79. The Bertz CT molecular complexity index is 181. The van der Waals surface area contributed by atoms with Gasteiger partial charge in [-0.15, -0.1) is 0 Å². The number of piperidine rings is 1. The van der Waals surface area contributed by atoms with Crippen molar-refractivity contribution in [2.75, 3.05) is 6.54 Å². The summed E-state index contributed by atoms with van der Waals surface area (Å²) < 4.78 is 0. The number of nitrogens with zero attached hydrogens (tertiary/aromatic N) is 1. The van der Waals surface area contributed by atoms with Crippen LogP contribution in [-0.4, -0.2) is 34.6 Å². The van der Waals surface area contributed by atoms with Gasteiger partial charge < -0.3 is 10.0 Å². The van der Waals surface area contributed by atoms with E-state index in [2.05, 4.69) is 0 Å².